The minimum absolute atomic E-state index is 0.354. The van der Waals surface area contributed by atoms with Gasteiger partial charge in [0.1, 0.15) is 5.75 Å². The molecule has 0 aliphatic heterocycles. The molecule has 5 heteroatoms. The number of aromatic nitrogens is 2. The fraction of sp³-hybridized carbons (Fsp3) is 0.375. The lowest BCUT2D eigenvalue weighted by molar-refractivity contribution is 0.437. The van der Waals surface area contributed by atoms with Crippen LogP contribution in [-0.4, -0.2) is 16.5 Å². The maximum atomic E-state index is 5.67. The van der Waals surface area contributed by atoms with E-state index in [4.69, 9.17) is 4.74 Å². The van der Waals surface area contributed by atoms with Gasteiger partial charge in [-0.2, -0.15) is 0 Å². The summed E-state index contributed by atoms with van der Waals surface area (Å²) in [5.74, 6) is 1.35. The smallest absolute Gasteiger partial charge is 0.321 e. The van der Waals surface area contributed by atoms with Gasteiger partial charge in [0.05, 0.1) is 4.47 Å². The number of ether oxygens (including phenoxy) is 1. The summed E-state index contributed by atoms with van der Waals surface area (Å²) >= 11 is 3.48. The van der Waals surface area contributed by atoms with Crippen LogP contribution in [0.25, 0.3) is 0 Å². The Bertz CT molecular complexity index is 585. The number of aryl methyl sites for hydroxylation is 1. The molecule has 0 unspecified atom stereocenters. The molecule has 1 heterocycles. The van der Waals surface area contributed by atoms with Gasteiger partial charge in [0.2, 0.25) is 0 Å². The number of nitrogens with one attached hydrogen (secondary N) is 1. The van der Waals surface area contributed by atoms with E-state index in [9.17, 15) is 0 Å². The third-order valence-electron chi connectivity index (χ3n) is 2.85. The molecule has 2 rings (SSSR count). The summed E-state index contributed by atoms with van der Waals surface area (Å²) in [4.78, 5) is 8.48. The van der Waals surface area contributed by atoms with Crippen molar-refractivity contribution in [3.63, 3.8) is 0 Å². The van der Waals surface area contributed by atoms with Crippen molar-refractivity contribution in [1.82, 2.24) is 15.3 Å². The highest BCUT2D eigenvalue weighted by Crippen LogP contribution is 2.28. The van der Waals surface area contributed by atoms with Crippen molar-refractivity contribution in [1.29, 1.82) is 0 Å². The number of benzene rings is 1. The minimum atomic E-state index is 0.354. The van der Waals surface area contributed by atoms with E-state index in [-0.39, 0.29) is 0 Å². The predicted octanol–water partition coefficient (Wildman–Crippen LogP) is 4.09. The molecule has 1 aromatic carbocycles. The molecule has 1 N–H and O–H groups in total. The third-order valence-corrected chi connectivity index (χ3v) is 3.47. The first-order chi connectivity index (χ1) is 10.0. The minimum Gasteiger partial charge on any atom is -0.423 e. The molecule has 1 aromatic heterocycles. The molecule has 112 valence electrons. The van der Waals surface area contributed by atoms with Crippen molar-refractivity contribution in [2.45, 2.75) is 27.3 Å². The zero-order valence-corrected chi connectivity index (χ0v) is 14.1. The van der Waals surface area contributed by atoms with Crippen molar-refractivity contribution in [2.75, 3.05) is 6.54 Å². The molecule has 0 aliphatic carbocycles. The molecule has 0 aliphatic rings. The van der Waals surface area contributed by atoms with Gasteiger partial charge in [0.15, 0.2) is 0 Å². The van der Waals surface area contributed by atoms with Crippen molar-refractivity contribution >= 4 is 15.9 Å². The molecule has 0 bridgehead atoms. The SMILES string of the molecule is Cc1ccc(Oc2ncc(CNCC(C)C)cn2)c(Br)c1. The van der Waals surface area contributed by atoms with E-state index >= 15 is 0 Å². The van der Waals surface area contributed by atoms with Crippen LogP contribution in [-0.2, 0) is 6.54 Å². The largest absolute Gasteiger partial charge is 0.423 e. The van der Waals surface area contributed by atoms with Gasteiger partial charge >= 0.3 is 6.01 Å². The second-order valence-electron chi connectivity index (χ2n) is 5.43. The van der Waals surface area contributed by atoms with Crippen LogP contribution in [0.5, 0.6) is 11.8 Å². The average Bonchev–Trinajstić information content (AvgIpc) is 2.43. The summed E-state index contributed by atoms with van der Waals surface area (Å²) in [5.41, 5.74) is 2.22. The first-order valence-corrected chi connectivity index (χ1v) is 7.79. The Morgan fingerprint density at radius 3 is 2.57 bits per heavy atom. The van der Waals surface area contributed by atoms with Crippen LogP contribution < -0.4 is 10.1 Å². The molecule has 0 atom stereocenters. The van der Waals surface area contributed by atoms with Crippen LogP contribution in [0.3, 0.4) is 0 Å². The number of hydrogen-bond acceptors (Lipinski definition) is 4. The van der Waals surface area contributed by atoms with E-state index in [1.54, 1.807) is 12.4 Å². The number of nitrogens with zero attached hydrogens (tertiary/aromatic N) is 2. The van der Waals surface area contributed by atoms with Crippen LogP contribution in [0.4, 0.5) is 0 Å². The number of rotatable bonds is 6. The predicted molar refractivity (Wildman–Crippen MR) is 87.5 cm³/mol. The maximum absolute atomic E-state index is 5.67. The van der Waals surface area contributed by atoms with E-state index < -0.39 is 0 Å². The van der Waals surface area contributed by atoms with Crippen molar-refractivity contribution in [3.8, 4) is 11.8 Å². The second-order valence-corrected chi connectivity index (χ2v) is 6.29. The quantitative estimate of drug-likeness (QED) is 0.853. The summed E-state index contributed by atoms with van der Waals surface area (Å²) in [6, 6.07) is 6.25. The summed E-state index contributed by atoms with van der Waals surface area (Å²) < 4.78 is 6.57. The number of hydrogen-bond donors (Lipinski definition) is 1. The molecule has 0 amide bonds. The Morgan fingerprint density at radius 2 is 1.95 bits per heavy atom. The zero-order chi connectivity index (χ0) is 15.2. The van der Waals surface area contributed by atoms with Gasteiger partial charge in [-0.25, -0.2) is 9.97 Å². The van der Waals surface area contributed by atoms with Crippen molar-refractivity contribution in [2.24, 2.45) is 5.92 Å². The second kappa shape index (κ2) is 7.52. The Labute approximate surface area is 134 Å². The summed E-state index contributed by atoms with van der Waals surface area (Å²) in [5, 5.41) is 3.36. The van der Waals surface area contributed by atoms with E-state index in [1.165, 1.54) is 5.56 Å². The average molecular weight is 350 g/mol. The first-order valence-electron chi connectivity index (χ1n) is 7.00. The Balaban J connectivity index is 1.95. The fourth-order valence-electron chi connectivity index (χ4n) is 1.78. The molecule has 0 spiro atoms. The zero-order valence-electron chi connectivity index (χ0n) is 12.6. The van der Waals surface area contributed by atoms with Crippen molar-refractivity contribution < 1.29 is 4.74 Å². The molecule has 0 saturated heterocycles. The molecule has 21 heavy (non-hydrogen) atoms. The molecular weight excluding hydrogens is 330 g/mol. The maximum Gasteiger partial charge on any atom is 0.321 e. The highest BCUT2D eigenvalue weighted by molar-refractivity contribution is 9.10. The highest BCUT2D eigenvalue weighted by Gasteiger charge is 2.05. The Hall–Kier alpha value is -1.46. The summed E-state index contributed by atoms with van der Waals surface area (Å²) in [6.07, 6.45) is 3.58. The molecule has 4 nitrogen and oxygen atoms in total. The van der Waals surface area contributed by atoms with Crippen LogP contribution >= 0.6 is 15.9 Å². The third kappa shape index (κ3) is 5.10. The lowest BCUT2D eigenvalue weighted by Gasteiger charge is -2.08. The van der Waals surface area contributed by atoms with Crippen LogP contribution in [0.15, 0.2) is 35.1 Å². The van der Waals surface area contributed by atoms with E-state index in [0.717, 1.165) is 23.1 Å². The topological polar surface area (TPSA) is 47.0 Å². The Morgan fingerprint density at radius 1 is 1.24 bits per heavy atom. The van der Waals surface area contributed by atoms with Crippen LogP contribution in [0.2, 0.25) is 0 Å². The van der Waals surface area contributed by atoms with Gasteiger partial charge in [-0.3, -0.25) is 0 Å². The van der Waals surface area contributed by atoms with Gasteiger partial charge in [0, 0.05) is 24.5 Å². The van der Waals surface area contributed by atoms with Gasteiger partial charge < -0.3 is 10.1 Å². The number of halogens is 1. The van der Waals surface area contributed by atoms with Crippen LogP contribution in [0, 0.1) is 12.8 Å². The molecule has 0 saturated carbocycles. The van der Waals surface area contributed by atoms with Gasteiger partial charge in [-0.15, -0.1) is 0 Å². The standard InChI is InChI=1S/C16H20BrN3O/c1-11(2)7-18-8-13-9-19-16(20-10-13)21-15-5-4-12(3)6-14(15)17/h4-6,9-11,18H,7-8H2,1-3H3. The van der Waals surface area contributed by atoms with Crippen molar-refractivity contribution in [3.05, 3.63) is 46.2 Å². The lowest BCUT2D eigenvalue weighted by Crippen LogP contribution is -2.19. The molecular formula is C16H20BrN3O. The van der Waals surface area contributed by atoms with E-state index in [1.807, 2.05) is 25.1 Å². The van der Waals surface area contributed by atoms with Crippen LogP contribution in [0.1, 0.15) is 25.0 Å². The molecule has 0 fully saturated rings. The van der Waals surface area contributed by atoms with Gasteiger partial charge in [-0.1, -0.05) is 19.9 Å². The lowest BCUT2D eigenvalue weighted by atomic mass is 10.2. The summed E-state index contributed by atoms with van der Waals surface area (Å²) in [6.45, 7) is 8.14. The summed E-state index contributed by atoms with van der Waals surface area (Å²) in [7, 11) is 0. The van der Waals surface area contributed by atoms with E-state index in [2.05, 4.69) is 45.1 Å². The molecule has 2 aromatic rings. The van der Waals surface area contributed by atoms with Gasteiger partial charge in [-0.05, 0) is 53.0 Å². The van der Waals surface area contributed by atoms with Gasteiger partial charge in [0.25, 0.3) is 0 Å². The Kier molecular flexibility index (Phi) is 5.70. The highest BCUT2D eigenvalue weighted by atomic mass is 79.9. The fourth-order valence-corrected chi connectivity index (χ4v) is 2.35. The first kappa shape index (κ1) is 15.9. The molecule has 0 radical (unpaired) electrons. The monoisotopic (exact) mass is 349 g/mol. The van der Waals surface area contributed by atoms with E-state index in [0.29, 0.717) is 17.7 Å². The normalized spacial score (nSPS) is 10.9.